The van der Waals surface area contributed by atoms with Gasteiger partial charge in [-0.05, 0) is 43.3 Å². The zero-order valence-corrected chi connectivity index (χ0v) is 17.5. The topological polar surface area (TPSA) is 51.1 Å². The highest BCUT2D eigenvalue weighted by Gasteiger charge is 2.30. The van der Waals surface area contributed by atoms with Gasteiger partial charge in [-0.1, -0.05) is 17.7 Å². The summed E-state index contributed by atoms with van der Waals surface area (Å²) in [6.07, 6.45) is 0. The minimum Gasteiger partial charge on any atom is -0.497 e. The Kier molecular flexibility index (Phi) is 6.81. The van der Waals surface area contributed by atoms with Crippen molar-refractivity contribution < 1.29 is 18.1 Å². The summed E-state index contributed by atoms with van der Waals surface area (Å²) in [5, 5.41) is 0. The standard InChI is InChI=1S/C20H26N2O3S2/c1-17-3-7-19(8-4-17)26-16-15-21-11-13-22(14-12-21)27(23,24)20-9-5-18(25-2)6-10-20/h3-10H,11-16H2,1-2H3/p+1. The predicted molar refractivity (Wildman–Crippen MR) is 109 cm³/mol. The first-order valence-electron chi connectivity index (χ1n) is 9.16. The van der Waals surface area contributed by atoms with E-state index >= 15 is 0 Å². The second-order valence-electron chi connectivity index (χ2n) is 6.74. The summed E-state index contributed by atoms with van der Waals surface area (Å²) in [7, 11) is -1.85. The molecule has 0 amide bonds. The van der Waals surface area contributed by atoms with E-state index in [1.54, 1.807) is 35.7 Å². The maximum atomic E-state index is 12.8. The van der Waals surface area contributed by atoms with Crippen LogP contribution in [0, 0.1) is 6.92 Å². The number of benzene rings is 2. The fourth-order valence-corrected chi connectivity index (χ4v) is 5.53. The van der Waals surface area contributed by atoms with E-state index in [9.17, 15) is 8.42 Å². The van der Waals surface area contributed by atoms with Crippen LogP contribution in [0.3, 0.4) is 0 Å². The minimum absolute atomic E-state index is 0.335. The average Bonchev–Trinajstić information content (AvgIpc) is 2.70. The lowest BCUT2D eigenvalue weighted by Gasteiger charge is -2.31. The van der Waals surface area contributed by atoms with Gasteiger partial charge in [0.1, 0.15) is 5.75 Å². The van der Waals surface area contributed by atoms with E-state index in [1.165, 1.54) is 15.4 Å². The predicted octanol–water partition coefficient (Wildman–Crippen LogP) is 1.69. The van der Waals surface area contributed by atoms with Crippen LogP contribution in [0.2, 0.25) is 0 Å². The summed E-state index contributed by atoms with van der Waals surface area (Å²) in [4.78, 5) is 3.10. The first-order chi connectivity index (χ1) is 13.0. The van der Waals surface area contributed by atoms with Crippen molar-refractivity contribution in [1.29, 1.82) is 0 Å². The van der Waals surface area contributed by atoms with Gasteiger partial charge in [0.2, 0.25) is 10.0 Å². The zero-order chi connectivity index (χ0) is 19.3. The van der Waals surface area contributed by atoms with Crippen LogP contribution >= 0.6 is 11.8 Å². The van der Waals surface area contributed by atoms with Gasteiger partial charge < -0.3 is 9.64 Å². The molecule has 146 valence electrons. The quantitative estimate of drug-likeness (QED) is 0.710. The molecule has 1 heterocycles. The molecule has 7 heteroatoms. The number of quaternary nitrogens is 1. The first kappa shape index (κ1) is 20.2. The number of methoxy groups -OCH3 is 1. The van der Waals surface area contributed by atoms with Gasteiger partial charge in [0.25, 0.3) is 0 Å². The Hall–Kier alpha value is -1.54. The van der Waals surface area contributed by atoms with E-state index in [1.807, 2.05) is 11.8 Å². The number of piperazine rings is 1. The van der Waals surface area contributed by atoms with E-state index in [-0.39, 0.29) is 0 Å². The third-order valence-electron chi connectivity index (χ3n) is 4.87. The van der Waals surface area contributed by atoms with Crippen LogP contribution in [-0.2, 0) is 10.0 Å². The van der Waals surface area contributed by atoms with Crippen molar-refractivity contribution in [2.45, 2.75) is 16.7 Å². The molecule has 0 saturated carbocycles. The fraction of sp³-hybridized carbons (Fsp3) is 0.400. The van der Waals surface area contributed by atoms with Crippen molar-refractivity contribution in [3.05, 3.63) is 54.1 Å². The zero-order valence-electron chi connectivity index (χ0n) is 15.8. The second-order valence-corrected chi connectivity index (χ2v) is 9.85. The number of thioether (sulfide) groups is 1. The summed E-state index contributed by atoms with van der Waals surface area (Å²) in [5.41, 5.74) is 1.28. The van der Waals surface area contributed by atoms with Gasteiger partial charge in [0.05, 0.1) is 44.7 Å². The van der Waals surface area contributed by atoms with Crippen LogP contribution in [-0.4, -0.2) is 58.3 Å². The van der Waals surface area contributed by atoms with E-state index < -0.39 is 10.0 Å². The molecule has 3 rings (SSSR count). The number of rotatable bonds is 7. The molecule has 1 saturated heterocycles. The van der Waals surface area contributed by atoms with Gasteiger partial charge >= 0.3 is 0 Å². The van der Waals surface area contributed by atoms with Crippen LogP contribution < -0.4 is 9.64 Å². The Morgan fingerprint density at radius 1 is 1.04 bits per heavy atom. The number of ether oxygens (including phenoxy) is 1. The Labute approximate surface area is 166 Å². The second kappa shape index (κ2) is 9.10. The minimum atomic E-state index is -3.42. The third-order valence-corrected chi connectivity index (χ3v) is 7.80. The number of aryl methyl sites for hydroxylation is 1. The van der Waals surface area contributed by atoms with Crippen LogP contribution in [0.5, 0.6) is 5.75 Å². The monoisotopic (exact) mass is 407 g/mol. The van der Waals surface area contributed by atoms with Crippen molar-refractivity contribution in [2.24, 2.45) is 0 Å². The highest BCUT2D eigenvalue weighted by Crippen LogP contribution is 2.20. The highest BCUT2D eigenvalue weighted by molar-refractivity contribution is 7.99. The number of nitrogens with one attached hydrogen (secondary N) is 1. The van der Waals surface area contributed by atoms with Gasteiger partial charge in [-0.3, -0.25) is 0 Å². The molecule has 1 aliphatic rings. The molecule has 2 aromatic rings. The third kappa shape index (κ3) is 5.25. The van der Waals surface area contributed by atoms with Crippen molar-refractivity contribution in [3.8, 4) is 5.75 Å². The summed E-state index contributed by atoms with van der Waals surface area (Å²) >= 11 is 1.86. The molecular weight excluding hydrogens is 380 g/mol. The first-order valence-corrected chi connectivity index (χ1v) is 11.6. The molecule has 0 spiro atoms. The Balaban J connectivity index is 1.48. The van der Waals surface area contributed by atoms with E-state index in [4.69, 9.17) is 4.74 Å². The van der Waals surface area contributed by atoms with Gasteiger partial charge in [-0.25, -0.2) is 8.42 Å². The summed E-state index contributed by atoms with van der Waals surface area (Å²) < 4.78 is 32.3. The highest BCUT2D eigenvalue weighted by atomic mass is 32.2. The number of hydrogen-bond donors (Lipinski definition) is 1. The largest absolute Gasteiger partial charge is 0.497 e. The van der Waals surface area contributed by atoms with Gasteiger partial charge in [0.15, 0.2) is 0 Å². The molecule has 0 bridgehead atoms. The summed E-state index contributed by atoms with van der Waals surface area (Å²) in [5.74, 6) is 1.71. The SMILES string of the molecule is COc1ccc(S(=O)(=O)N2CC[NH+](CCSc3ccc(C)cc3)CC2)cc1. The molecule has 0 aliphatic carbocycles. The average molecular weight is 408 g/mol. The van der Waals surface area contributed by atoms with Crippen LogP contribution in [0.15, 0.2) is 58.3 Å². The van der Waals surface area contributed by atoms with E-state index in [0.29, 0.717) is 23.7 Å². The lowest BCUT2D eigenvalue weighted by atomic mass is 10.2. The lowest BCUT2D eigenvalue weighted by Crippen LogP contribution is -3.15. The Morgan fingerprint density at radius 2 is 1.67 bits per heavy atom. The van der Waals surface area contributed by atoms with Crippen molar-refractivity contribution in [3.63, 3.8) is 0 Å². The molecular formula is C20H27N2O3S2+. The van der Waals surface area contributed by atoms with Crippen molar-refractivity contribution >= 4 is 21.8 Å². The van der Waals surface area contributed by atoms with Crippen molar-refractivity contribution in [2.75, 3.05) is 45.6 Å². The molecule has 1 aliphatic heterocycles. The molecule has 0 radical (unpaired) electrons. The molecule has 0 aromatic heterocycles. The molecule has 1 fully saturated rings. The van der Waals surface area contributed by atoms with Crippen LogP contribution in [0.1, 0.15) is 5.56 Å². The maximum Gasteiger partial charge on any atom is 0.243 e. The Morgan fingerprint density at radius 3 is 2.26 bits per heavy atom. The van der Waals surface area contributed by atoms with Gasteiger partial charge in [-0.2, -0.15) is 4.31 Å². The molecule has 0 unspecified atom stereocenters. The van der Waals surface area contributed by atoms with Gasteiger partial charge in [-0.15, -0.1) is 11.8 Å². The fourth-order valence-electron chi connectivity index (χ4n) is 3.14. The number of hydrogen-bond acceptors (Lipinski definition) is 4. The summed E-state index contributed by atoms with van der Waals surface area (Å²) in [6, 6.07) is 15.2. The maximum absolute atomic E-state index is 12.8. The van der Waals surface area contributed by atoms with Crippen molar-refractivity contribution in [1.82, 2.24) is 4.31 Å². The molecule has 0 atom stereocenters. The normalized spacial score (nSPS) is 16.4. The Bertz CT molecular complexity index is 829. The number of nitrogens with zero attached hydrogens (tertiary/aromatic N) is 1. The molecule has 2 aromatic carbocycles. The number of sulfonamides is 1. The summed E-state index contributed by atoms with van der Waals surface area (Å²) in [6.45, 7) is 5.98. The smallest absolute Gasteiger partial charge is 0.243 e. The van der Waals surface area contributed by atoms with Gasteiger partial charge in [0, 0.05) is 10.6 Å². The van der Waals surface area contributed by atoms with E-state index in [2.05, 4.69) is 31.2 Å². The lowest BCUT2D eigenvalue weighted by molar-refractivity contribution is -0.901. The van der Waals surface area contributed by atoms with Crippen LogP contribution in [0.4, 0.5) is 0 Å². The molecule has 27 heavy (non-hydrogen) atoms. The molecule has 1 N–H and O–H groups in total. The van der Waals surface area contributed by atoms with Crippen LogP contribution in [0.25, 0.3) is 0 Å². The van der Waals surface area contributed by atoms with E-state index in [0.717, 1.165) is 25.4 Å². The molecule has 5 nitrogen and oxygen atoms in total.